The van der Waals surface area contributed by atoms with Crippen molar-refractivity contribution in [2.45, 2.75) is 83.3 Å². The van der Waals surface area contributed by atoms with Crippen molar-refractivity contribution in [2.24, 2.45) is 5.73 Å². The van der Waals surface area contributed by atoms with Gasteiger partial charge in [0.1, 0.15) is 0 Å². The van der Waals surface area contributed by atoms with E-state index >= 15 is 0 Å². The third kappa shape index (κ3) is 6.20. The number of hydrogen-bond acceptors (Lipinski definition) is 4. The number of nitrogens with one attached hydrogen (secondary N) is 2. The zero-order valence-electron chi connectivity index (χ0n) is 24.4. The SMILES string of the molecule is Cc1ccc(C2CC(=O)Nc3cc(C(=O)NC4CCCCC4N)ccc3N2C(=O)c2ccc(C(C)(C)C)cc2)cc1. The van der Waals surface area contributed by atoms with Gasteiger partial charge in [-0.1, -0.05) is 75.6 Å². The Morgan fingerprint density at radius 2 is 1.59 bits per heavy atom. The van der Waals surface area contributed by atoms with E-state index in [2.05, 4.69) is 31.4 Å². The largest absolute Gasteiger partial charge is 0.348 e. The zero-order chi connectivity index (χ0) is 29.3. The fourth-order valence-corrected chi connectivity index (χ4v) is 5.77. The van der Waals surface area contributed by atoms with E-state index < -0.39 is 6.04 Å². The van der Waals surface area contributed by atoms with E-state index in [9.17, 15) is 14.4 Å². The zero-order valence-corrected chi connectivity index (χ0v) is 24.4. The molecule has 5 rings (SSSR count). The van der Waals surface area contributed by atoms with Gasteiger partial charge in [0, 0.05) is 23.2 Å². The van der Waals surface area contributed by atoms with Gasteiger partial charge in [0.15, 0.2) is 0 Å². The molecule has 0 radical (unpaired) electrons. The van der Waals surface area contributed by atoms with Crippen molar-refractivity contribution in [3.05, 3.63) is 94.5 Å². The number of aryl methyl sites for hydroxylation is 1. The van der Waals surface area contributed by atoms with Gasteiger partial charge in [0.05, 0.1) is 23.8 Å². The van der Waals surface area contributed by atoms with Crippen molar-refractivity contribution >= 4 is 29.1 Å². The number of nitrogens with two attached hydrogens (primary N) is 1. The minimum absolute atomic E-state index is 0.0456. The summed E-state index contributed by atoms with van der Waals surface area (Å²) in [6.45, 7) is 8.41. The molecule has 2 aliphatic rings. The van der Waals surface area contributed by atoms with Crippen LogP contribution < -0.4 is 21.3 Å². The van der Waals surface area contributed by atoms with Crippen LogP contribution in [0.4, 0.5) is 11.4 Å². The first-order valence-corrected chi connectivity index (χ1v) is 14.5. The predicted octanol–water partition coefficient (Wildman–Crippen LogP) is 6.02. The van der Waals surface area contributed by atoms with Crippen molar-refractivity contribution in [1.82, 2.24) is 5.32 Å². The summed E-state index contributed by atoms with van der Waals surface area (Å²) in [6, 6.07) is 20.1. The van der Waals surface area contributed by atoms with Crippen molar-refractivity contribution in [3.63, 3.8) is 0 Å². The first kappa shape index (κ1) is 28.6. The summed E-state index contributed by atoms with van der Waals surface area (Å²) in [4.78, 5) is 42.4. The molecule has 3 aromatic rings. The van der Waals surface area contributed by atoms with E-state index in [1.165, 1.54) is 0 Å². The summed E-state index contributed by atoms with van der Waals surface area (Å²) in [5, 5.41) is 6.05. The summed E-state index contributed by atoms with van der Waals surface area (Å²) in [6.07, 6.45) is 3.93. The van der Waals surface area contributed by atoms with Gasteiger partial charge in [0.25, 0.3) is 11.8 Å². The van der Waals surface area contributed by atoms with Crippen molar-refractivity contribution in [2.75, 3.05) is 10.2 Å². The maximum absolute atomic E-state index is 14.2. The van der Waals surface area contributed by atoms with Crippen LogP contribution in [0.1, 0.15) is 96.3 Å². The Morgan fingerprint density at radius 1 is 0.927 bits per heavy atom. The smallest absolute Gasteiger partial charge is 0.258 e. The van der Waals surface area contributed by atoms with Crippen LogP contribution >= 0.6 is 0 Å². The molecule has 1 aliphatic heterocycles. The van der Waals surface area contributed by atoms with Gasteiger partial charge in [-0.15, -0.1) is 0 Å². The van der Waals surface area contributed by atoms with E-state index in [1.54, 1.807) is 23.1 Å². The van der Waals surface area contributed by atoms with Crippen molar-refractivity contribution in [1.29, 1.82) is 0 Å². The maximum Gasteiger partial charge on any atom is 0.258 e. The van der Waals surface area contributed by atoms with E-state index in [4.69, 9.17) is 5.73 Å². The number of nitrogens with zero attached hydrogens (tertiary/aromatic N) is 1. The molecular formula is C34H40N4O3. The maximum atomic E-state index is 14.2. The number of benzene rings is 3. The van der Waals surface area contributed by atoms with Crippen LogP contribution in [0.25, 0.3) is 0 Å². The second kappa shape index (κ2) is 11.5. The molecule has 3 unspecified atom stereocenters. The molecule has 7 nitrogen and oxygen atoms in total. The second-order valence-electron chi connectivity index (χ2n) is 12.4. The molecule has 41 heavy (non-hydrogen) atoms. The lowest BCUT2D eigenvalue weighted by molar-refractivity contribution is -0.116. The molecule has 0 spiro atoms. The number of amides is 3. The lowest BCUT2D eigenvalue weighted by atomic mass is 9.86. The van der Waals surface area contributed by atoms with Crippen LogP contribution in [0.3, 0.4) is 0 Å². The molecule has 1 aliphatic carbocycles. The first-order valence-electron chi connectivity index (χ1n) is 14.5. The fraction of sp³-hybridized carbons (Fsp3) is 0.382. The Bertz CT molecular complexity index is 1440. The first-order chi connectivity index (χ1) is 19.5. The third-order valence-corrected chi connectivity index (χ3v) is 8.30. The topological polar surface area (TPSA) is 105 Å². The molecular weight excluding hydrogens is 512 g/mol. The molecule has 3 aromatic carbocycles. The molecule has 1 heterocycles. The van der Waals surface area contributed by atoms with Crippen LogP contribution in [0.5, 0.6) is 0 Å². The van der Waals surface area contributed by atoms with Gasteiger partial charge in [-0.25, -0.2) is 0 Å². The summed E-state index contributed by atoms with van der Waals surface area (Å²) < 4.78 is 0. The number of rotatable bonds is 4. The Morgan fingerprint density at radius 3 is 2.24 bits per heavy atom. The minimum Gasteiger partial charge on any atom is -0.348 e. The highest BCUT2D eigenvalue weighted by Gasteiger charge is 2.35. The Labute approximate surface area is 242 Å². The van der Waals surface area contributed by atoms with Crippen molar-refractivity contribution < 1.29 is 14.4 Å². The van der Waals surface area contributed by atoms with Gasteiger partial charge in [-0.05, 0) is 66.6 Å². The van der Waals surface area contributed by atoms with Crippen LogP contribution in [0.15, 0.2) is 66.7 Å². The molecule has 4 N–H and O–H groups in total. The highest BCUT2D eigenvalue weighted by Crippen LogP contribution is 2.40. The lowest BCUT2D eigenvalue weighted by Crippen LogP contribution is -2.49. The van der Waals surface area contributed by atoms with E-state index in [1.807, 2.05) is 55.5 Å². The van der Waals surface area contributed by atoms with Crippen LogP contribution in [0.2, 0.25) is 0 Å². The summed E-state index contributed by atoms with van der Waals surface area (Å²) in [7, 11) is 0. The molecule has 1 fully saturated rings. The summed E-state index contributed by atoms with van der Waals surface area (Å²) in [5.41, 5.74) is 11.2. The molecule has 3 atom stereocenters. The molecule has 214 valence electrons. The predicted molar refractivity (Wildman–Crippen MR) is 163 cm³/mol. The fourth-order valence-electron chi connectivity index (χ4n) is 5.77. The van der Waals surface area contributed by atoms with Crippen LogP contribution in [-0.4, -0.2) is 29.8 Å². The molecule has 1 saturated carbocycles. The lowest BCUT2D eigenvalue weighted by Gasteiger charge is -2.31. The van der Waals surface area contributed by atoms with Crippen molar-refractivity contribution in [3.8, 4) is 0 Å². The molecule has 0 bridgehead atoms. The molecule has 3 amide bonds. The third-order valence-electron chi connectivity index (χ3n) is 8.30. The van der Waals surface area contributed by atoms with Gasteiger partial charge in [-0.2, -0.15) is 0 Å². The van der Waals surface area contributed by atoms with Gasteiger partial charge >= 0.3 is 0 Å². The number of carbonyl (C=O) groups is 3. The Kier molecular flexibility index (Phi) is 8.00. The Hall–Kier alpha value is -3.97. The Balaban J connectivity index is 1.54. The summed E-state index contributed by atoms with van der Waals surface area (Å²) >= 11 is 0. The number of carbonyl (C=O) groups excluding carboxylic acids is 3. The quantitative estimate of drug-likeness (QED) is 0.368. The number of fused-ring (bicyclic) bond motifs is 1. The van der Waals surface area contributed by atoms with Crippen LogP contribution in [0, 0.1) is 6.92 Å². The number of anilines is 2. The molecule has 0 aromatic heterocycles. The van der Waals surface area contributed by atoms with Gasteiger partial charge < -0.3 is 16.4 Å². The normalized spacial score (nSPS) is 21.0. The highest BCUT2D eigenvalue weighted by molar-refractivity contribution is 6.12. The van der Waals surface area contributed by atoms with E-state index in [0.29, 0.717) is 22.5 Å². The average molecular weight is 553 g/mol. The molecule has 0 saturated heterocycles. The van der Waals surface area contributed by atoms with E-state index in [-0.39, 0.29) is 41.6 Å². The number of hydrogen-bond donors (Lipinski definition) is 3. The standard InChI is InChI=1S/C34H40N4O3/c1-21-9-11-22(12-10-21)30-20-31(39)36-28-19-24(32(40)37-27-8-6-5-7-26(27)35)15-18-29(28)38(30)33(41)23-13-16-25(17-14-23)34(2,3)4/h9-19,26-27,30H,5-8,20,35H2,1-4H3,(H,36,39)(H,37,40). The second-order valence-corrected chi connectivity index (χ2v) is 12.4. The van der Waals surface area contributed by atoms with Gasteiger partial charge in [0.2, 0.25) is 5.91 Å². The van der Waals surface area contributed by atoms with Crippen LogP contribution in [-0.2, 0) is 10.2 Å². The monoisotopic (exact) mass is 552 g/mol. The van der Waals surface area contributed by atoms with E-state index in [0.717, 1.165) is 42.4 Å². The summed E-state index contributed by atoms with van der Waals surface area (Å²) in [5.74, 6) is -0.666. The molecule has 7 heteroatoms. The highest BCUT2D eigenvalue weighted by atomic mass is 16.2. The minimum atomic E-state index is -0.522. The average Bonchev–Trinajstić information content (AvgIpc) is 3.09. The van der Waals surface area contributed by atoms with Gasteiger partial charge in [-0.3, -0.25) is 19.3 Å².